The second-order valence-electron chi connectivity index (χ2n) is 8.18. The molecular formula is C22H26F2N2O3S. The molecule has 1 heterocycles. The summed E-state index contributed by atoms with van der Waals surface area (Å²) in [6.45, 7) is 7.45. The van der Waals surface area contributed by atoms with Crippen LogP contribution in [-0.4, -0.2) is 31.4 Å². The monoisotopic (exact) mass is 436 g/mol. The summed E-state index contributed by atoms with van der Waals surface area (Å²) >= 11 is 0. The molecule has 162 valence electrons. The zero-order valence-electron chi connectivity index (χ0n) is 17.1. The zero-order valence-corrected chi connectivity index (χ0v) is 17.9. The van der Waals surface area contributed by atoms with E-state index in [9.17, 15) is 17.2 Å². The lowest BCUT2D eigenvalue weighted by Gasteiger charge is -2.40. The van der Waals surface area contributed by atoms with Crippen LogP contribution in [0, 0.1) is 17.6 Å². The molecule has 1 aromatic carbocycles. The maximum atomic E-state index is 14.3. The molecule has 1 saturated carbocycles. The molecule has 2 aliphatic rings. The lowest BCUT2D eigenvalue weighted by atomic mass is 9.92. The van der Waals surface area contributed by atoms with Crippen LogP contribution in [0.3, 0.4) is 0 Å². The molecule has 8 heteroatoms. The van der Waals surface area contributed by atoms with E-state index in [1.807, 2.05) is 0 Å². The Balaban J connectivity index is 1.86. The molecule has 2 atom stereocenters. The number of hydrogen-bond donors (Lipinski definition) is 1. The van der Waals surface area contributed by atoms with Gasteiger partial charge >= 0.3 is 0 Å². The van der Waals surface area contributed by atoms with Crippen LogP contribution in [0.25, 0.3) is 0 Å². The van der Waals surface area contributed by atoms with Crippen molar-refractivity contribution in [2.45, 2.75) is 37.0 Å². The number of nitrogens with two attached hydrogens (primary N) is 1. The van der Waals surface area contributed by atoms with Crippen LogP contribution in [0.15, 0.2) is 59.8 Å². The minimum atomic E-state index is -3.93. The van der Waals surface area contributed by atoms with Crippen LogP contribution >= 0.6 is 0 Å². The molecule has 0 bridgehead atoms. The van der Waals surface area contributed by atoms with Crippen LogP contribution in [0.1, 0.15) is 32.3 Å². The molecule has 30 heavy (non-hydrogen) atoms. The van der Waals surface area contributed by atoms with Crippen molar-refractivity contribution in [2.24, 2.45) is 16.6 Å². The summed E-state index contributed by atoms with van der Waals surface area (Å²) < 4.78 is 57.9. The van der Waals surface area contributed by atoms with Crippen molar-refractivity contribution in [3.05, 3.63) is 72.0 Å². The molecule has 1 aromatic rings. The molecule has 1 aliphatic heterocycles. The molecule has 5 nitrogen and oxygen atoms in total. The first kappa shape index (κ1) is 22.2. The Morgan fingerprint density at radius 3 is 2.63 bits per heavy atom. The van der Waals surface area contributed by atoms with Crippen molar-refractivity contribution in [3.63, 3.8) is 0 Å². The van der Waals surface area contributed by atoms with Crippen molar-refractivity contribution >= 4 is 15.7 Å². The summed E-state index contributed by atoms with van der Waals surface area (Å²) in [5.74, 6) is -1.68. The molecular weight excluding hydrogens is 410 g/mol. The molecule has 0 aromatic heterocycles. The van der Waals surface area contributed by atoms with Crippen LogP contribution in [0.4, 0.5) is 8.78 Å². The molecule has 0 radical (unpaired) electrons. The van der Waals surface area contributed by atoms with E-state index in [2.05, 4.69) is 11.6 Å². The minimum absolute atomic E-state index is 0.0330. The number of sulfone groups is 1. The molecule has 2 N–H and O–H groups in total. The highest BCUT2D eigenvalue weighted by Crippen LogP contribution is 2.40. The molecule has 1 fully saturated rings. The number of halogens is 2. The Kier molecular flexibility index (Phi) is 5.91. The quantitative estimate of drug-likeness (QED) is 0.521. The Labute approximate surface area is 175 Å². The van der Waals surface area contributed by atoms with E-state index >= 15 is 0 Å². The average molecular weight is 437 g/mol. The third-order valence-corrected chi connectivity index (χ3v) is 8.34. The van der Waals surface area contributed by atoms with Crippen molar-refractivity contribution in [2.75, 3.05) is 12.4 Å². The van der Waals surface area contributed by atoms with Crippen LogP contribution in [-0.2, 0) is 20.1 Å². The lowest BCUT2D eigenvalue weighted by molar-refractivity contribution is 0.235. The molecule has 3 rings (SSSR count). The van der Waals surface area contributed by atoms with E-state index in [1.54, 1.807) is 18.4 Å². The van der Waals surface area contributed by atoms with Gasteiger partial charge in [-0.25, -0.2) is 17.2 Å². The predicted molar refractivity (Wildman–Crippen MR) is 114 cm³/mol. The Morgan fingerprint density at radius 2 is 2.03 bits per heavy atom. The Bertz CT molecular complexity index is 1040. The van der Waals surface area contributed by atoms with Gasteiger partial charge < -0.3 is 10.5 Å². The fourth-order valence-corrected chi connectivity index (χ4v) is 5.50. The van der Waals surface area contributed by atoms with Gasteiger partial charge in [-0.3, -0.25) is 4.99 Å². The molecule has 0 amide bonds. The largest absolute Gasteiger partial charge is 0.501 e. The second-order valence-corrected chi connectivity index (χ2v) is 10.5. The van der Waals surface area contributed by atoms with Gasteiger partial charge in [0, 0.05) is 11.6 Å². The normalized spacial score (nSPS) is 28.6. The number of amidine groups is 1. The summed E-state index contributed by atoms with van der Waals surface area (Å²) in [6.07, 6.45) is 8.74. The fourth-order valence-electron chi connectivity index (χ4n) is 3.41. The number of nitrogens with zero attached hydrogens (tertiary/aromatic N) is 1. The first-order chi connectivity index (χ1) is 14.0. The molecule has 0 unspecified atom stereocenters. The van der Waals surface area contributed by atoms with Gasteiger partial charge in [0.05, 0.1) is 18.6 Å². The maximum absolute atomic E-state index is 14.3. The van der Waals surface area contributed by atoms with Crippen LogP contribution < -0.4 is 5.73 Å². The number of hydrogen-bond acceptors (Lipinski definition) is 5. The second kappa shape index (κ2) is 7.98. The minimum Gasteiger partial charge on any atom is -0.501 e. The van der Waals surface area contributed by atoms with Gasteiger partial charge in [-0.2, -0.15) is 0 Å². The van der Waals surface area contributed by atoms with E-state index in [0.717, 1.165) is 6.07 Å². The van der Waals surface area contributed by atoms with Crippen molar-refractivity contribution in [1.82, 2.24) is 0 Å². The van der Waals surface area contributed by atoms with Gasteiger partial charge in [0.25, 0.3) is 0 Å². The molecule has 1 aliphatic carbocycles. The standard InChI is InChI=1S/C22H26F2N2O3S/c1-15(6-4-5-11-29-13-16-7-8-16)22(3)20(25)26-21(2,14-30(22,27)28)18-10-9-17(23)12-19(18)24/h4-6,9-12,16H,1,7-8,13-14H2,2-3H3,(H2,25,26)/b6-4-,11-5+/t21-,22-/m0/s1. The molecule has 0 spiro atoms. The van der Waals surface area contributed by atoms with Crippen LogP contribution in [0.2, 0.25) is 0 Å². The third kappa shape index (κ3) is 4.19. The van der Waals surface area contributed by atoms with Gasteiger partial charge in [-0.1, -0.05) is 24.8 Å². The van der Waals surface area contributed by atoms with E-state index < -0.39 is 37.5 Å². The van der Waals surface area contributed by atoms with Gasteiger partial charge in [0.1, 0.15) is 23.0 Å². The van der Waals surface area contributed by atoms with Gasteiger partial charge in [-0.05, 0) is 50.3 Å². The first-order valence-electron chi connectivity index (χ1n) is 9.67. The van der Waals surface area contributed by atoms with Crippen molar-refractivity contribution < 1.29 is 21.9 Å². The molecule has 0 saturated heterocycles. The Hall–Kier alpha value is -2.48. The predicted octanol–water partition coefficient (Wildman–Crippen LogP) is 3.78. The SMILES string of the molecule is C=C(/C=C\C=C\OCC1CC1)[C@@]1(C)C(N)=N[C@](C)(c2ccc(F)cc2F)CS1(=O)=O. The van der Waals surface area contributed by atoms with E-state index in [-0.39, 0.29) is 17.0 Å². The highest BCUT2D eigenvalue weighted by atomic mass is 32.2. The van der Waals surface area contributed by atoms with E-state index in [1.165, 1.54) is 38.8 Å². The summed E-state index contributed by atoms with van der Waals surface area (Å²) in [7, 11) is -3.93. The van der Waals surface area contributed by atoms with Gasteiger partial charge in [0.2, 0.25) is 0 Å². The number of benzene rings is 1. The topological polar surface area (TPSA) is 81.8 Å². The van der Waals surface area contributed by atoms with Gasteiger partial charge in [-0.15, -0.1) is 0 Å². The summed E-state index contributed by atoms with van der Waals surface area (Å²) in [5, 5.41) is 0. The number of aliphatic imine (C=N–C) groups is 1. The fraction of sp³-hybridized carbons (Fsp3) is 0.409. The van der Waals surface area contributed by atoms with Crippen LogP contribution in [0.5, 0.6) is 0 Å². The highest BCUT2D eigenvalue weighted by Gasteiger charge is 2.53. The summed E-state index contributed by atoms with van der Waals surface area (Å²) in [5.41, 5.74) is 4.84. The average Bonchev–Trinajstić information content (AvgIpc) is 3.45. The summed E-state index contributed by atoms with van der Waals surface area (Å²) in [4.78, 5) is 4.34. The zero-order chi connectivity index (χ0) is 22.2. The number of ether oxygens (including phenoxy) is 1. The number of rotatable bonds is 7. The van der Waals surface area contributed by atoms with Crippen molar-refractivity contribution in [3.8, 4) is 0 Å². The van der Waals surface area contributed by atoms with E-state index in [4.69, 9.17) is 10.5 Å². The first-order valence-corrected chi connectivity index (χ1v) is 11.3. The third-order valence-electron chi connectivity index (χ3n) is 5.69. The highest BCUT2D eigenvalue weighted by molar-refractivity contribution is 7.94. The summed E-state index contributed by atoms with van der Waals surface area (Å²) in [6, 6.07) is 2.96. The lowest BCUT2D eigenvalue weighted by Crippen LogP contribution is -2.57. The Morgan fingerprint density at radius 1 is 1.33 bits per heavy atom. The van der Waals surface area contributed by atoms with E-state index in [0.29, 0.717) is 18.6 Å². The van der Waals surface area contributed by atoms with Crippen molar-refractivity contribution in [1.29, 1.82) is 0 Å². The smallest absolute Gasteiger partial charge is 0.169 e. The number of allylic oxidation sites excluding steroid dienone is 3. The van der Waals surface area contributed by atoms with Gasteiger partial charge in [0.15, 0.2) is 14.6 Å². The maximum Gasteiger partial charge on any atom is 0.169 e.